The number of piperidine rings is 1. The maximum absolute atomic E-state index is 13.2. The number of aryl methyl sites for hydroxylation is 2. The molecule has 2 heterocycles. The van der Waals surface area contributed by atoms with Gasteiger partial charge in [0.05, 0.1) is 10.9 Å². The van der Waals surface area contributed by atoms with E-state index >= 15 is 0 Å². The van der Waals surface area contributed by atoms with Gasteiger partial charge in [-0.1, -0.05) is 18.6 Å². The molecular weight excluding hydrogens is 334 g/mol. The molecule has 3 rings (SSSR count). The number of carbonyl (C=O) groups excluding carboxylic acids is 2. The average molecular weight is 357 g/mol. The first kappa shape index (κ1) is 18.3. The summed E-state index contributed by atoms with van der Waals surface area (Å²) in [7, 11) is 0. The molecule has 0 saturated carbocycles. The second kappa shape index (κ2) is 7.78. The van der Waals surface area contributed by atoms with Gasteiger partial charge >= 0.3 is 0 Å². The van der Waals surface area contributed by atoms with Gasteiger partial charge in [-0.25, -0.2) is 4.98 Å². The van der Waals surface area contributed by atoms with Gasteiger partial charge in [-0.3, -0.25) is 24.3 Å². The molecule has 1 fully saturated rings. The van der Waals surface area contributed by atoms with Gasteiger partial charge < -0.3 is 5.11 Å². The molecule has 0 radical (unpaired) electrons. The standard InChI is InChI=1S/C19H23N3O4/c1-12-20-14-8-5-7-13(6-3-2-4-11-23)17(14)19(26)22(12)15-9-10-16(24)21-18(15)25/h5,7-8,15,23H,2-4,6,9-11H2,1H3,(H,21,24,25). The van der Waals surface area contributed by atoms with E-state index in [-0.39, 0.29) is 24.5 Å². The first-order valence-electron chi connectivity index (χ1n) is 8.98. The molecule has 0 spiro atoms. The van der Waals surface area contributed by atoms with Crippen molar-refractivity contribution in [2.75, 3.05) is 6.61 Å². The van der Waals surface area contributed by atoms with Crippen LogP contribution in [0.1, 0.15) is 49.5 Å². The normalized spacial score (nSPS) is 17.5. The Morgan fingerprint density at radius 1 is 1.23 bits per heavy atom. The minimum atomic E-state index is -0.709. The van der Waals surface area contributed by atoms with Gasteiger partial charge in [-0.15, -0.1) is 0 Å². The maximum Gasteiger partial charge on any atom is 0.262 e. The van der Waals surface area contributed by atoms with E-state index in [0.29, 0.717) is 29.6 Å². The maximum atomic E-state index is 13.2. The van der Waals surface area contributed by atoms with Crippen molar-refractivity contribution in [1.82, 2.24) is 14.9 Å². The van der Waals surface area contributed by atoms with Crippen molar-refractivity contribution in [3.05, 3.63) is 39.9 Å². The Labute approximate surface area is 151 Å². The number of aliphatic hydroxyl groups excluding tert-OH is 1. The fraction of sp³-hybridized carbons (Fsp3) is 0.474. The summed E-state index contributed by atoms with van der Waals surface area (Å²) in [6.07, 6.45) is 3.72. The second-order valence-electron chi connectivity index (χ2n) is 6.65. The van der Waals surface area contributed by atoms with Crippen molar-refractivity contribution in [1.29, 1.82) is 0 Å². The number of imide groups is 1. The molecule has 0 aliphatic carbocycles. The number of nitrogens with zero attached hydrogens (tertiary/aromatic N) is 2. The average Bonchev–Trinajstić information content (AvgIpc) is 2.60. The van der Waals surface area contributed by atoms with E-state index in [1.54, 1.807) is 13.0 Å². The lowest BCUT2D eigenvalue weighted by Gasteiger charge is -2.24. The summed E-state index contributed by atoms with van der Waals surface area (Å²) in [6, 6.07) is 4.88. The number of aromatic nitrogens is 2. The molecule has 26 heavy (non-hydrogen) atoms. The van der Waals surface area contributed by atoms with E-state index in [1.165, 1.54) is 4.57 Å². The van der Waals surface area contributed by atoms with E-state index in [1.807, 2.05) is 12.1 Å². The van der Waals surface area contributed by atoms with E-state index in [9.17, 15) is 14.4 Å². The summed E-state index contributed by atoms with van der Waals surface area (Å²) >= 11 is 0. The van der Waals surface area contributed by atoms with Crippen molar-refractivity contribution in [3.63, 3.8) is 0 Å². The van der Waals surface area contributed by atoms with Crippen molar-refractivity contribution in [3.8, 4) is 0 Å². The summed E-state index contributed by atoms with van der Waals surface area (Å²) in [5, 5.41) is 11.7. The third kappa shape index (κ3) is 3.53. The monoisotopic (exact) mass is 357 g/mol. The molecule has 7 nitrogen and oxygen atoms in total. The highest BCUT2D eigenvalue weighted by Gasteiger charge is 2.30. The number of unbranched alkanes of at least 4 members (excludes halogenated alkanes) is 2. The Morgan fingerprint density at radius 3 is 2.77 bits per heavy atom. The molecule has 7 heteroatoms. The van der Waals surface area contributed by atoms with Crippen LogP contribution in [0, 0.1) is 6.92 Å². The number of aliphatic hydroxyl groups is 1. The zero-order valence-corrected chi connectivity index (χ0v) is 14.8. The molecule has 2 aromatic rings. The van der Waals surface area contributed by atoms with Gasteiger partial charge in [0.25, 0.3) is 5.56 Å². The van der Waals surface area contributed by atoms with E-state index in [0.717, 1.165) is 24.8 Å². The van der Waals surface area contributed by atoms with Gasteiger partial charge in [0.1, 0.15) is 11.9 Å². The molecule has 1 unspecified atom stereocenters. The van der Waals surface area contributed by atoms with Gasteiger partial charge in [0.2, 0.25) is 11.8 Å². The number of fused-ring (bicyclic) bond motifs is 1. The third-order valence-electron chi connectivity index (χ3n) is 4.82. The quantitative estimate of drug-likeness (QED) is 0.601. The number of benzene rings is 1. The smallest absolute Gasteiger partial charge is 0.262 e. The fourth-order valence-electron chi connectivity index (χ4n) is 3.53. The van der Waals surface area contributed by atoms with Crippen molar-refractivity contribution < 1.29 is 14.7 Å². The second-order valence-corrected chi connectivity index (χ2v) is 6.65. The minimum absolute atomic E-state index is 0.165. The van der Waals surface area contributed by atoms with Gasteiger partial charge in [-0.05, 0) is 44.2 Å². The number of amides is 2. The van der Waals surface area contributed by atoms with Crippen LogP contribution in [0.25, 0.3) is 10.9 Å². The van der Waals surface area contributed by atoms with Crippen LogP contribution in [-0.4, -0.2) is 33.1 Å². The molecule has 1 aromatic carbocycles. The lowest BCUT2D eigenvalue weighted by Crippen LogP contribution is -2.45. The molecule has 1 atom stereocenters. The number of hydrogen-bond donors (Lipinski definition) is 2. The Hall–Kier alpha value is -2.54. The summed E-state index contributed by atoms with van der Waals surface area (Å²) in [5.74, 6) is -0.294. The molecule has 2 amide bonds. The van der Waals surface area contributed by atoms with E-state index < -0.39 is 11.9 Å². The molecule has 0 bridgehead atoms. The van der Waals surface area contributed by atoms with Gasteiger partial charge in [-0.2, -0.15) is 0 Å². The highest BCUT2D eigenvalue weighted by Crippen LogP contribution is 2.22. The Morgan fingerprint density at radius 2 is 2.04 bits per heavy atom. The molecule has 2 N–H and O–H groups in total. The summed E-state index contributed by atoms with van der Waals surface area (Å²) < 4.78 is 1.42. The van der Waals surface area contributed by atoms with Crippen molar-refractivity contribution in [2.24, 2.45) is 0 Å². The number of hydrogen-bond acceptors (Lipinski definition) is 5. The molecule has 1 aliphatic rings. The lowest BCUT2D eigenvalue weighted by atomic mass is 10.0. The summed E-state index contributed by atoms with van der Waals surface area (Å²) in [5.41, 5.74) is 1.29. The van der Waals surface area contributed by atoms with Crippen LogP contribution in [0.5, 0.6) is 0 Å². The molecule has 138 valence electrons. The minimum Gasteiger partial charge on any atom is -0.396 e. The molecule has 1 saturated heterocycles. The van der Waals surface area contributed by atoms with Crippen LogP contribution in [0.4, 0.5) is 0 Å². The predicted molar refractivity (Wildman–Crippen MR) is 96.8 cm³/mol. The summed E-state index contributed by atoms with van der Waals surface area (Å²) in [6.45, 7) is 1.87. The van der Waals surface area contributed by atoms with Crippen LogP contribution in [-0.2, 0) is 16.0 Å². The lowest BCUT2D eigenvalue weighted by molar-refractivity contribution is -0.135. The topological polar surface area (TPSA) is 101 Å². The van der Waals surface area contributed by atoms with Gasteiger partial charge in [0, 0.05) is 13.0 Å². The van der Waals surface area contributed by atoms with Crippen molar-refractivity contribution in [2.45, 2.75) is 51.5 Å². The number of nitrogens with one attached hydrogen (secondary N) is 1. The Bertz CT molecular complexity index is 904. The van der Waals surface area contributed by atoms with E-state index in [4.69, 9.17) is 5.11 Å². The largest absolute Gasteiger partial charge is 0.396 e. The van der Waals surface area contributed by atoms with Crippen molar-refractivity contribution >= 4 is 22.7 Å². The van der Waals surface area contributed by atoms with Crippen LogP contribution < -0.4 is 10.9 Å². The van der Waals surface area contributed by atoms with Gasteiger partial charge in [0.15, 0.2) is 0 Å². The zero-order valence-electron chi connectivity index (χ0n) is 14.8. The molecule has 1 aromatic heterocycles. The van der Waals surface area contributed by atoms with Crippen LogP contribution >= 0.6 is 0 Å². The summed E-state index contributed by atoms with van der Waals surface area (Å²) in [4.78, 5) is 41.4. The van der Waals surface area contributed by atoms with Crippen LogP contribution in [0.2, 0.25) is 0 Å². The Balaban J connectivity index is 2.03. The SMILES string of the molecule is Cc1nc2cccc(CCCCCO)c2c(=O)n1C1CCC(=O)NC1=O. The van der Waals surface area contributed by atoms with Crippen LogP contribution in [0.15, 0.2) is 23.0 Å². The third-order valence-corrected chi connectivity index (χ3v) is 4.82. The Kier molecular flexibility index (Phi) is 5.46. The first-order chi connectivity index (χ1) is 12.5. The highest BCUT2D eigenvalue weighted by molar-refractivity contribution is 5.99. The number of carbonyl (C=O) groups is 2. The van der Waals surface area contributed by atoms with E-state index in [2.05, 4.69) is 10.3 Å². The fourth-order valence-corrected chi connectivity index (χ4v) is 3.53. The van der Waals surface area contributed by atoms with Crippen LogP contribution in [0.3, 0.4) is 0 Å². The highest BCUT2D eigenvalue weighted by atomic mass is 16.3. The zero-order chi connectivity index (χ0) is 18.7. The number of rotatable bonds is 6. The predicted octanol–water partition coefficient (Wildman–Crippen LogP) is 1.39. The first-order valence-corrected chi connectivity index (χ1v) is 8.98. The molecular formula is C19H23N3O4. The molecule has 1 aliphatic heterocycles.